The minimum absolute atomic E-state index is 0.0169. The molecule has 2 N–H and O–H groups in total. The van der Waals surface area contributed by atoms with E-state index in [0.29, 0.717) is 15.8 Å². The number of hydrogen-bond donors (Lipinski definition) is 2. The Hall–Kier alpha value is -2.18. The second-order valence-electron chi connectivity index (χ2n) is 4.68. The highest BCUT2D eigenvalue weighted by atomic mass is 35.5. The van der Waals surface area contributed by atoms with E-state index in [2.05, 4.69) is 10.6 Å². The lowest BCUT2D eigenvalue weighted by Crippen LogP contribution is -2.30. The van der Waals surface area contributed by atoms with Gasteiger partial charge in [-0.05, 0) is 49.0 Å². The lowest BCUT2D eigenvalue weighted by Gasteiger charge is -2.17. The summed E-state index contributed by atoms with van der Waals surface area (Å²) in [4.78, 5) is 10.2. The van der Waals surface area contributed by atoms with Gasteiger partial charge in [0.2, 0.25) is 0 Å². The van der Waals surface area contributed by atoms with Gasteiger partial charge in [-0.25, -0.2) is 0 Å². The predicted octanol–water partition coefficient (Wildman–Crippen LogP) is 4.30. The molecule has 0 saturated heterocycles. The molecule has 0 aliphatic carbocycles. The second-order valence-corrected chi connectivity index (χ2v) is 5.52. The van der Waals surface area contributed by atoms with E-state index in [1.807, 2.05) is 31.2 Å². The van der Waals surface area contributed by atoms with E-state index < -0.39 is 4.92 Å². The molecule has 0 heterocycles. The van der Waals surface area contributed by atoms with Crippen LogP contribution < -0.4 is 10.6 Å². The highest BCUT2D eigenvalue weighted by Crippen LogP contribution is 2.18. The third-order valence-electron chi connectivity index (χ3n) is 3.03. The number of nitro groups is 1. The van der Waals surface area contributed by atoms with Crippen LogP contribution in [0.2, 0.25) is 5.02 Å². The van der Waals surface area contributed by atoms with Gasteiger partial charge in [0.05, 0.1) is 11.0 Å². The number of thiocarbonyl (C=S) groups is 1. The smallest absolute Gasteiger partial charge is 0.269 e. The van der Waals surface area contributed by atoms with Crippen LogP contribution >= 0.6 is 23.8 Å². The maximum atomic E-state index is 10.6. The molecule has 5 nitrogen and oxygen atoms in total. The summed E-state index contributed by atoms with van der Waals surface area (Å²) in [5.41, 5.74) is 1.73. The van der Waals surface area contributed by atoms with E-state index in [1.165, 1.54) is 12.1 Å². The van der Waals surface area contributed by atoms with Crippen LogP contribution in [-0.4, -0.2) is 10.0 Å². The van der Waals surface area contributed by atoms with Crippen molar-refractivity contribution in [3.8, 4) is 0 Å². The first-order chi connectivity index (χ1) is 10.5. The molecular formula is C15H14ClN3O2S. The first-order valence-corrected chi connectivity index (χ1v) is 7.32. The quantitative estimate of drug-likeness (QED) is 0.495. The fourth-order valence-electron chi connectivity index (χ4n) is 1.89. The molecule has 114 valence electrons. The molecule has 1 atom stereocenters. The number of non-ortho nitro benzene ring substituents is 1. The molecule has 2 aromatic carbocycles. The van der Waals surface area contributed by atoms with Crippen molar-refractivity contribution in [1.82, 2.24) is 5.32 Å². The van der Waals surface area contributed by atoms with Gasteiger partial charge in [-0.1, -0.05) is 23.7 Å². The first kappa shape index (κ1) is 16.2. The number of benzene rings is 2. The lowest BCUT2D eigenvalue weighted by atomic mass is 10.1. The number of nitrogens with zero attached hydrogens (tertiary/aromatic N) is 1. The summed E-state index contributed by atoms with van der Waals surface area (Å²) in [7, 11) is 0. The summed E-state index contributed by atoms with van der Waals surface area (Å²) in [5.74, 6) is 0. The molecule has 7 heteroatoms. The maximum absolute atomic E-state index is 10.6. The van der Waals surface area contributed by atoms with Crippen LogP contribution in [0.3, 0.4) is 0 Å². The second kappa shape index (κ2) is 7.20. The summed E-state index contributed by atoms with van der Waals surface area (Å²) in [6, 6.07) is 13.6. The van der Waals surface area contributed by atoms with Crippen molar-refractivity contribution in [3.63, 3.8) is 0 Å². The number of anilines is 1. The van der Waals surface area contributed by atoms with Crippen LogP contribution in [0.1, 0.15) is 18.5 Å². The van der Waals surface area contributed by atoms with Crippen molar-refractivity contribution in [3.05, 3.63) is 69.2 Å². The van der Waals surface area contributed by atoms with Crippen molar-refractivity contribution in [2.75, 3.05) is 5.32 Å². The number of nitro benzene ring substituents is 1. The van der Waals surface area contributed by atoms with Gasteiger partial charge in [-0.3, -0.25) is 10.1 Å². The molecule has 0 aliphatic heterocycles. The molecule has 0 radical (unpaired) electrons. The number of rotatable bonds is 4. The third kappa shape index (κ3) is 4.41. The molecule has 2 rings (SSSR count). The van der Waals surface area contributed by atoms with Gasteiger partial charge in [-0.15, -0.1) is 0 Å². The Kier molecular flexibility index (Phi) is 5.30. The van der Waals surface area contributed by atoms with Gasteiger partial charge >= 0.3 is 0 Å². The molecular weight excluding hydrogens is 322 g/mol. The van der Waals surface area contributed by atoms with E-state index in [0.717, 1.165) is 5.56 Å². The average molecular weight is 336 g/mol. The Morgan fingerprint density at radius 1 is 1.27 bits per heavy atom. The Bertz CT molecular complexity index is 691. The monoisotopic (exact) mass is 335 g/mol. The topological polar surface area (TPSA) is 67.2 Å². The van der Waals surface area contributed by atoms with Crippen LogP contribution in [-0.2, 0) is 0 Å². The fraction of sp³-hybridized carbons (Fsp3) is 0.133. The number of nitrogens with one attached hydrogen (secondary N) is 2. The molecule has 0 saturated carbocycles. The Balaban J connectivity index is 1.96. The van der Waals surface area contributed by atoms with Crippen molar-refractivity contribution < 1.29 is 4.92 Å². The third-order valence-corrected chi connectivity index (χ3v) is 3.49. The highest BCUT2D eigenvalue weighted by Gasteiger charge is 2.08. The normalized spacial score (nSPS) is 11.5. The van der Waals surface area contributed by atoms with Crippen LogP contribution in [0.4, 0.5) is 11.4 Å². The molecule has 0 aromatic heterocycles. The van der Waals surface area contributed by atoms with Gasteiger partial charge in [0.15, 0.2) is 5.11 Å². The minimum atomic E-state index is -0.443. The zero-order valence-electron chi connectivity index (χ0n) is 11.7. The molecule has 22 heavy (non-hydrogen) atoms. The predicted molar refractivity (Wildman–Crippen MR) is 92.3 cm³/mol. The molecule has 0 fully saturated rings. The van der Waals surface area contributed by atoms with Gasteiger partial charge in [0.1, 0.15) is 0 Å². The fourth-order valence-corrected chi connectivity index (χ4v) is 2.38. The lowest BCUT2D eigenvalue weighted by molar-refractivity contribution is -0.384. The average Bonchev–Trinajstić information content (AvgIpc) is 2.47. The zero-order chi connectivity index (χ0) is 16.1. The van der Waals surface area contributed by atoms with Crippen LogP contribution in [0.25, 0.3) is 0 Å². The molecule has 0 aliphatic rings. The standard InChI is InChI=1S/C15H14ClN3O2S/c1-10(11-3-2-4-12(16)9-11)17-15(22)18-13-5-7-14(8-6-13)19(20)21/h2-10H,1H3,(H2,17,18,22)/t10-/m1/s1. The summed E-state index contributed by atoms with van der Waals surface area (Å²) in [6.07, 6.45) is 0. The summed E-state index contributed by atoms with van der Waals surface area (Å²) < 4.78 is 0. The summed E-state index contributed by atoms with van der Waals surface area (Å²) in [6.45, 7) is 1.97. The van der Waals surface area contributed by atoms with Crippen molar-refractivity contribution in [1.29, 1.82) is 0 Å². The molecule has 2 aromatic rings. The molecule has 0 amide bonds. The van der Waals surface area contributed by atoms with E-state index in [1.54, 1.807) is 12.1 Å². The van der Waals surface area contributed by atoms with Crippen LogP contribution in [0.15, 0.2) is 48.5 Å². The van der Waals surface area contributed by atoms with E-state index in [4.69, 9.17) is 23.8 Å². The molecule has 0 bridgehead atoms. The largest absolute Gasteiger partial charge is 0.356 e. The van der Waals surface area contributed by atoms with Crippen LogP contribution in [0, 0.1) is 10.1 Å². The number of halogens is 1. The van der Waals surface area contributed by atoms with E-state index in [-0.39, 0.29) is 11.7 Å². The summed E-state index contributed by atoms with van der Waals surface area (Å²) in [5, 5.41) is 17.8. The number of hydrogen-bond acceptors (Lipinski definition) is 3. The minimum Gasteiger partial charge on any atom is -0.356 e. The van der Waals surface area contributed by atoms with Gasteiger partial charge in [0, 0.05) is 22.8 Å². The Morgan fingerprint density at radius 2 is 1.95 bits per heavy atom. The van der Waals surface area contributed by atoms with Crippen molar-refractivity contribution in [2.24, 2.45) is 0 Å². The van der Waals surface area contributed by atoms with Crippen molar-refractivity contribution >= 4 is 40.3 Å². The highest BCUT2D eigenvalue weighted by molar-refractivity contribution is 7.80. The molecule has 0 spiro atoms. The Labute approximate surface area is 138 Å². The zero-order valence-corrected chi connectivity index (χ0v) is 13.3. The van der Waals surface area contributed by atoms with Crippen LogP contribution in [0.5, 0.6) is 0 Å². The van der Waals surface area contributed by atoms with Crippen molar-refractivity contribution in [2.45, 2.75) is 13.0 Å². The van der Waals surface area contributed by atoms with Gasteiger partial charge in [-0.2, -0.15) is 0 Å². The van der Waals surface area contributed by atoms with Gasteiger partial charge < -0.3 is 10.6 Å². The van der Waals surface area contributed by atoms with Gasteiger partial charge in [0.25, 0.3) is 5.69 Å². The summed E-state index contributed by atoms with van der Waals surface area (Å²) >= 11 is 11.2. The molecule has 0 unspecified atom stereocenters. The van der Waals surface area contributed by atoms with E-state index >= 15 is 0 Å². The Morgan fingerprint density at radius 3 is 2.55 bits per heavy atom. The maximum Gasteiger partial charge on any atom is 0.269 e. The van der Waals surface area contributed by atoms with E-state index in [9.17, 15) is 10.1 Å². The SMILES string of the molecule is C[C@@H](NC(=S)Nc1ccc([N+](=O)[O-])cc1)c1cccc(Cl)c1. The first-order valence-electron chi connectivity index (χ1n) is 6.53.